The minimum atomic E-state index is -0.944. The molecule has 158 valence electrons. The minimum Gasteiger partial charge on any atom is -0.452 e. The SMILES string of the molecule is O=C(COC(=O)c1cc([N+](=O)[O-])ccc1N1CCOCC1)Nc1cc(F)cc(F)c1. The molecule has 0 aromatic heterocycles. The first kappa shape index (κ1) is 21.1. The molecule has 2 aromatic carbocycles. The summed E-state index contributed by atoms with van der Waals surface area (Å²) in [5, 5.41) is 13.3. The van der Waals surface area contributed by atoms with Crippen LogP contribution in [0.1, 0.15) is 10.4 Å². The van der Waals surface area contributed by atoms with Gasteiger partial charge in [0.05, 0.1) is 29.4 Å². The zero-order valence-corrected chi connectivity index (χ0v) is 15.6. The fourth-order valence-corrected chi connectivity index (χ4v) is 2.91. The van der Waals surface area contributed by atoms with Crippen molar-refractivity contribution in [2.24, 2.45) is 0 Å². The van der Waals surface area contributed by atoms with Gasteiger partial charge in [0.2, 0.25) is 0 Å². The smallest absolute Gasteiger partial charge is 0.341 e. The average Bonchev–Trinajstić information content (AvgIpc) is 2.71. The van der Waals surface area contributed by atoms with E-state index in [0.29, 0.717) is 38.1 Å². The number of rotatable bonds is 6. The van der Waals surface area contributed by atoms with Crippen LogP contribution in [0, 0.1) is 21.7 Å². The number of hydrogen-bond donors (Lipinski definition) is 1. The Morgan fingerprint density at radius 2 is 1.80 bits per heavy atom. The molecule has 2 aromatic rings. The highest BCUT2D eigenvalue weighted by atomic mass is 19.1. The van der Waals surface area contributed by atoms with Gasteiger partial charge in [0.25, 0.3) is 11.6 Å². The summed E-state index contributed by atoms with van der Waals surface area (Å²) < 4.78 is 36.6. The quantitative estimate of drug-likeness (QED) is 0.433. The van der Waals surface area contributed by atoms with Gasteiger partial charge in [-0.1, -0.05) is 0 Å². The van der Waals surface area contributed by atoms with Crippen LogP contribution in [-0.2, 0) is 14.3 Å². The number of nitro benzene ring substituents is 1. The molecule has 1 aliphatic heterocycles. The van der Waals surface area contributed by atoms with Crippen molar-refractivity contribution in [1.82, 2.24) is 0 Å². The Balaban J connectivity index is 1.72. The number of carbonyl (C=O) groups is 2. The Labute approximate surface area is 169 Å². The second kappa shape index (κ2) is 9.27. The number of amides is 1. The average molecular weight is 421 g/mol. The van der Waals surface area contributed by atoms with E-state index in [0.717, 1.165) is 18.2 Å². The first-order chi connectivity index (χ1) is 14.3. The highest BCUT2D eigenvalue weighted by Crippen LogP contribution is 2.27. The fourth-order valence-electron chi connectivity index (χ4n) is 2.91. The summed E-state index contributed by atoms with van der Waals surface area (Å²) in [5.74, 6) is -3.53. The molecule has 30 heavy (non-hydrogen) atoms. The van der Waals surface area contributed by atoms with Gasteiger partial charge in [-0.15, -0.1) is 0 Å². The summed E-state index contributed by atoms with van der Waals surface area (Å²) >= 11 is 0. The van der Waals surface area contributed by atoms with Crippen LogP contribution in [-0.4, -0.2) is 49.7 Å². The highest BCUT2D eigenvalue weighted by molar-refractivity contribution is 5.99. The third kappa shape index (κ3) is 5.26. The van der Waals surface area contributed by atoms with Crippen molar-refractivity contribution < 1.29 is 32.8 Å². The molecule has 1 amide bonds. The monoisotopic (exact) mass is 421 g/mol. The van der Waals surface area contributed by atoms with Gasteiger partial charge in [-0.2, -0.15) is 0 Å². The zero-order valence-electron chi connectivity index (χ0n) is 15.6. The molecule has 0 saturated carbocycles. The van der Waals surface area contributed by atoms with E-state index >= 15 is 0 Å². The van der Waals surface area contributed by atoms with Crippen molar-refractivity contribution in [3.05, 3.63) is 63.7 Å². The van der Waals surface area contributed by atoms with E-state index in [1.165, 1.54) is 12.1 Å². The molecule has 9 nitrogen and oxygen atoms in total. The summed E-state index contributed by atoms with van der Waals surface area (Å²) in [6.45, 7) is 1.06. The Hall–Kier alpha value is -3.60. The van der Waals surface area contributed by atoms with Crippen molar-refractivity contribution in [3.8, 4) is 0 Å². The molecule has 0 atom stereocenters. The number of carbonyl (C=O) groups excluding carboxylic acids is 2. The van der Waals surface area contributed by atoms with Crippen LogP contribution in [0.25, 0.3) is 0 Å². The molecule has 1 aliphatic rings. The van der Waals surface area contributed by atoms with Gasteiger partial charge in [0, 0.05) is 37.0 Å². The van der Waals surface area contributed by atoms with Crippen LogP contribution in [0.3, 0.4) is 0 Å². The molecule has 1 saturated heterocycles. The molecule has 3 rings (SSSR count). The van der Waals surface area contributed by atoms with Crippen LogP contribution >= 0.6 is 0 Å². The molecular formula is C19H17F2N3O6. The number of nitrogens with one attached hydrogen (secondary N) is 1. The number of anilines is 2. The van der Waals surface area contributed by atoms with Gasteiger partial charge in [-0.3, -0.25) is 14.9 Å². The van der Waals surface area contributed by atoms with E-state index in [-0.39, 0.29) is 16.9 Å². The summed E-state index contributed by atoms with van der Waals surface area (Å²) in [6.07, 6.45) is 0. The molecule has 0 aliphatic carbocycles. The van der Waals surface area contributed by atoms with E-state index < -0.39 is 35.0 Å². The molecule has 0 spiro atoms. The fraction of sp³-hybridized carbons (Fsp3) is 0.263. The first-order valence-electron chi connectivity index (χ1n) is 8.87. The van der Waals surface area contributed by atoms with Crippen LogP contribution in [0.15, 0.2) is 36.4 Å². The highest BCUT2D eigenvalue weighted by Gasteiger charge is 2.23. The predicted octanol–water partition coefficient (Wildman–Crippen LogP) is 2.51. The third-order valence-electron chi connectivity index (χ3n) is 4.24. The van der Waals surface area contributed by atoms with Gasteiger partial charge in [-0.25, -0.2) is 13.6 Å². The standard InChI is InChI=1S/C19H17F2N3O6/c20-12-7-13(21)9-14(8-12)22-18(25)11-30-19(26)16-10-15(24(27)28)1-2-17(16)23-3-5-29-6-4-23/h1-2,7-10H,3-6,11H2,(H,22,25). The maximum absolute atomic E-state index is 13.2. The van der Waals surface area contributed by atoms with Gasteiger partial charge >= 0.3 is 5.97 Å². The van der Waals surface area contributed by atoms with Gasteiger partial charge in [0.1, 0.15) is 11.6 Å². The summed E-state index contributed by atoms with van der Waals surface area (Å²) in [7, 11) is 0. The zero-order chi connectivity index (χ0) is 21.7. The van der Waals surface area contributed by atoms with Crippen molar-refractivity contribution in [3.63, 3.8) is 0 Å². The van der Waals surface area contributed by atoms with Crippen molar-refractivity contribution in [1.29, 1.82) is 0 Å². The van der Waals surface area contributed by atoms with Crippen LogP contribution in [0.2, 0.25) is 0 Å². The number of esters is 1. The minimum absolute atomic E-state index is 0.0734. The summed E-state index contributed by atoms with van der Waals surface area (Å²) in [6, 6.07) is 6.24. The maximum atomic E-state index is 13.2. The molecule has 1 fully saturated rings. The lowest BCUT2D eigenvalue weighted by Crippen LogP contribution is -2.37. The molecule has 0 radical (unpaired) electrons. The van der Waals surface area contributed by atoms with E-state index in [4.69, 9.17) is 9.47 Å². The molecule has 11 heteroatoms. The summed E-state index contributed by atoms with van der Waals surface area (Å²) in [5.41, 5.74) is -0.103. The lowest BCUT2D eigenvalue weighted by atomic mass is 10.1. The first-order valence-corrected chi connectivity index (χ1v) is 8.87. The third-order valence-corrected chi connectivity index (χ3v) is 4.24. The molecular weight excluding hydrogens is 404 g/mol. The Bertz CT molecular complexity index is 958. The van der Waals surface area contributed by atoms with E-state index in [1.807, 2.05) is 4.90 Å². The van der Waals surface area contributed by atoms with Crippen molar-refractivity contribution in [2.75, 3.05) is 43.1 Å². The second-order valence-corrected chi connectivity index (χ2v) is 6.34. The molecule has 0 bridgehead atoms. The van der Waals surface area contributed by atoms with Crippen molar-refractivity contribution >= 4 is 28.9 Å². The number of halogens is 2. The molecule has 1 N–H and O–H groups in total. The summed E-state index contributed by atoms with van der Waals surface area (Å²) in [4.78, 5) is 36.8. The lowest BCUT2D eigenvalue weighted by molar-refractivity contribution is -0.384. The Kier molecular flexibility index (Phi) is 6.52. The van der Waals surface area contributed by atoms with Crippen LogP contribution in [0.5, 0.6) is 0 Å². The normalized spacial score (nSPS) is 13.6. The Morgan fingerprint density at radius 3 is 2.43 bits per heavy atom. The van der Waals surface area contributed by atoms with Gasteiger partial charge in [0.15, 0.2) is 6.61 Å². The maximum Gasteiger partial charge on any atom is 0.341 e. The van der Waals surface area contributed by atoms with Gasteiger partial charge < -0.3 is 19.7 Å². The van der Waals surface area contributed by atoms with E-state index in [1.54, 1.807) is 0 Å². The number of non-ortho nitro benzene ring substituents is 1. The largest absolute Gasteiger partial charge is 0.452 e. The number of benzene rings is 2. The van der Waals surface area contributed by atoms with Crippen molar-refractivity contribution in [2.45, 2.75) is 0 Å². The second-order valence-electron chi connectivity index (χ2n) is 6.34. The number of nitrogens with zero attached hydrogens (tertiary/aromatic N) is 2. The Morgan fingerprint density at radius 1 is 1.13 bits per heavy atom. The lowest BCUT2D eigenvalue weighted by Gasteiger charge is -2.30. The van der Waals surface area contributed by atoms with E-state index in [2.05, 4.69) is 5.32 Å². The topological polar surface area (TPSA) is 111 Å². The number of nitro groups is 1. The molecule has 0 unspecified atom stereocenters. The number of hydrogen-bond acceptors (Lipinski definition) is 7. The van der Waals surface area contributed by atoms with Crippen LogP contribution < -0.4 is 10.2 Å². The molecule has 1 heterocycles. The van der Waals surface area contributed by atoms with Crippen LogP contribution in [0.4, 0.5) is 25.8 Å². The number of morpholine rings is 1. The van der Waals surface area contributed by atoms with E-state index in [9.17, 15) is 28.5 Å². The number of ether oxygens (including phenoxy) is 2. The predicted molar refractivity (Wildman–Crippen MR) is 101 cm³/mol. The van der Waals surface area contributed by atoms with Gasteiger partial charge in [-0.05, 0) is 18.2 Å².